The molecule has 0 heterocycles. The fourth-order valence-electron chi connectivity index (χ4n) is 4.29. The fraction of sp³-hybridized carbons (Fsp3) is 0.310. The Kier molecular flexibility index (Phi) is 11.0. The number of benzene rings is 3. The molecule has 3 rings (SSSR count). The minimum Gasteiger partial charge on any atom is -0.495 e. The van der Waals surface area contributed by atoms with E-state index in [0.29, 0.717) is 22.8 Å². The van der Waals surface area contributed by atoms with Crippen molar-refractivity contribution in [2.75, 3.05) is 30.8 Å². The van der Waals surface area contributed by atoms with Crippen LogP contribution in [0, 0.1) is 15.9 Å². The number of anilines is 1. The topological polar surface area (TPSA) is 139 Å². The number of nitro benzene ring substituents is 1. The lowest BCUT2D eigenvalue weighted by molar-refractivity contribution is -0.384. The Morgan fingerprint density at radius 3 is 2.29 bits per heavy atom. The van der Waals surface area contributed by atoms with Crippen LogP contribution >= 0.6 is 0 Å². The van der Waals surface area contributed by atoms with Gasteiger partial charge in [-0.25, -0.2) is 12.8 Å². The van der Waals surface area contributed by atoms with Crippen molar-refractivity contribution in [3.05, 3.63) is 99.9 Å². The molecule has 0 saturated heterocycles. The number of nitro groups is 1. The first-order chi connectivity index (χ1) is 19.9. The van der Waals surface area contributed by atoms with E-state index in [2.05, 4.69) is 5.32 Å². The molecule has 1 atom stereocenters. The Morgan fingerprint density at radius 2 is 1.71 bits per heavy atom. The number of hydrogen-bond acceptors (Lipinski definition) is 7. The zero-order valence-corrected chi connectivity index (χ0v) is 24.3. The smallest absolute Gasteiger partial charge is 0.271 e. The highest BCUT2D eigenvalue weighted by molar-refractivity contribution is 7.92. The summed E-state index contributed by atoms with van der Waals surface area (Å²) in [6, 6.07) is 16.7. The number of carbonyl (C=O) groups excluding carboxylic acids is 2. The average molecular weight is 601 g/mol. The van der Waals surface area contributed by atoms with Crippen LogP contribution < -0.4 is 14.4 Å². The molecule has 0 radical (unpaired) electrons. The van der Waals surface area contributed by atoms with E-state index in [-0.39, 0.29) is 24.4 Å². The normalized spacial score (nSPS) is 11.8. The van der Waals surface area contributed by atoms with Crippen molar-refractivity contribution in [3.63, 3.8) is 0 Å². The number of nitrogens with one attached hydrogen (secondary N) is 1. The largest absolute Gasteiger partial charge is 0.495 e. The van der Waals surface area contributed by atoms with Gasteiger partial charge in [-0.05, 0) is 35.7 Å². The van der Waals surface area contributed by atoms with E-state index in [1.165, 1.54) is 42.3 Å². The van der Waals surface area contributed by atoms with Crippen molar-refractivity contribution >= 4 is 33.2 Å². The average Bonchev–Trinajstić information content (AvgIpc) is 2.96. The van der Waals surface area contributed by atoms with E-state index in [9.17, 15) is 32.5 Å². The number of nitrogens with zero attached hydrogens (tertiary/aromatic N) is 3. The predicted octanol–water partition coefficient (Wildman–Crippen LogP) is 3.67. The number of amides is 2. The third-order valence-electron chi connectivity index (χ3n) is 6.41. The first-order valence-corrected chi connectivity index (χ1v) is 14.9. The highest BCUT2D eigenvalue weighted by Crippen LogP contribution is 2.34. The quantitative estimate of drug-likeness (QED) is 0.220. The highest BCUT2D eigenvalue weighted by atomic mass is 32.2. The number of hydrogen-bond donors (Lipinski definition) is 1. The minimum atomic E-state index is -4.19. The second kappa shape index (κ2) is 14.4. The molecule has 0 aliphatic heterocycles. The van der Waals surface area contributed by atoms with Crippen LogP contribution in [0.1, 0.15) is 24.5 Å². The van der Waals surface area contributed by atoms with Crippen molar-refractivity contribution < 1.29 is 32.1 Å². The van der Waals surface area contributed by atoms with Crippen LogP contribution in [0.3, 0.4) is 0 Å². The molecular formula is C29H33FN4O7S. The number of sulfonamides is 1. The second-order valence-corrected chi connectivity index (χ2v) is 11.4. The second-order valence-electron chi connectivity index (χ2n) is 9.53. The van der Waals surface area contributed by atoms with Gasteiger partial charge in [-0.2, -0.15) is 0 Å². The molecule has 11 nitrogen and oxygen atoms in total. The van der Waals surface area contributed by atoms with Crippen molar-refractivity contribution in [1.82, 2.24) is 10.2 Å². The molecule has 42 heavy (non-hydrogen) atoms. The Hall–Kier alpha value is -4.52. The predicted molar refractivity (Wildman–Crippen MR) is 156 cm³/mol. The third kappa shape index (κ3) is 8.49. The molecule has 3 aromatic carbocycles. The molecule has 3 aromatic rings. The van der Waals surface area contributed by atoms with E-state index in [4.69, 9.17) is 4.74 Å². The molecule has 0 saturated carbocycles. The van der Waals surface area contributed by atoms with E-state index >= 15 is 0 Å². The van der Waals surface area contributed by atoms with Gasteiger partial charge >= 0.3 is 0 Å². The Bertz CT molecular complexity index is 1500. The van der Waals surface area contributed by atoms with Crippen LogP contribution in [0.5, 0.6) is 5.75 Å². The monoisotopic (exact) mass is 600 g/mol. The molecule has 1 unspecified atom stereocenters. The summed E-state index contributed by atoms with van der Waals surface area (Å²) in [6.07, 6.45) is 1.62. The van der Waals surface area contributed by atoms with Gasteiger partial charge in [-0.15, -0.1) is 0 Å². The minimum absolute atomic E-state index is 0.00886. The van der Waals surface area contributed by atoms with E-state index in [0.717, 1.165) is 24.0 Å². The lowest BCUT2D eigenvalue weighted by Gasteiger charge is -2.33. The van der Waals surface area contributed by atoms with E-state index in [1.54, 1.807) is 24.3 Å². The molecule has 0 aliphatic rings. The summed E-state index contributed by atoms with van der Waals surface area (Å²) in [6.45, 7) is 1.30. The molecule has 0 spiro atoms. The molecule has 0 aromatic heterocycles. The van der Waals surface area contributed by atoms with Crippen molar-refractivity contribution in [2.24, 2.45) is 0 Å². The van der Waals surface area contributed by atoms with Gasteiger partial charge in [0.1, 0.15) is 29.8 Å². The third-order valence-corrected chi connectivity index (χ3v) is 7.53. The Labute approximate surface area is 244 Å². The molecule has 224 valence electrons. The van der Waals surface area contributed by atoms with Crippen LogP contribution in [0.2, 0.25) is 0 Å². The summed E-state index contributed by atoms with van der Waals surface area (Å²) in [5.41, 5.74) is 0.645. The van der Waals surface area contributed by atoms with Crippen molar-refractivity contribution in [2.45, 2.75) is 32.4 Å². The molecule has 0 fully saturated rings. The standard InChI is InChI=1S/C29H33FN4O7S/c1-4-16-31-29(36)26(17-21-8-6-5-7-9-21)32(19-22-10-12-23(30)13-11-22)28(35)20-33(42(3,39)40)25-18-24(34(37)38)14-15-27(25)41-2/h5-15,18,26H,4,16-17,19-20H2,1-3H3,(H,31,36). The number of methoxy groups -OCH3 is 1. The summed E-state index contributed by atoms with van der Waals surface area (Å²) < 4.78 is 45.6. The molecule has 13 heteroatoms. The number of non-ortho nitro benzene ring substituents is 1. The summed E-state index contributed by atoms with van der Waals surface area (Å²) in [7, 11) is -2.92. The van der Waals surface area contributed by atoms with Gasteiger partial charge in [0, 0.05) is 31.6 Å². The lowest BCUT2D eigenvalue weighted by Crippen LogP contribution is -2.53. The van der Waals surface area contributed by atoms with Crippen LogP contribution in [0.4, 0.5) is 15.8 Å². The van der Waals surface area contributed by atoms with Gasteiger partial charge < -0.3 is 15.0 Å². The summed E-state index contributed by atoms with van der Waals surface area (Å²) in [5.74, 6) is -1.70. The van der Waals surface area contributed by atoms with Crippen LogP contribution in [0.25, 0.3) is 0 Å². The van der Waals surface area contributed by atoms with Crippen molar-refractivity contribution in [1.29, 1.82) is 0 Å². The van der Waals surface area contributed by atoms with Gasteiger partial charge in [0.05, 0.1) is 18.3 Å². The fourth-order valence-corrected chi connectivity index (χ4v) is 5.13. The zero-order chi connectivity index (χ0) is 30.9. The van der Waals surface area contributed by atoms with Gasteiger partial charge in [0.25, 0.3) is 5.69 Å². The Balaban J connectivity index is 2.11. The Morgan fingerprint density at radius 1 is 1.05 bits per heavy atom. The zero-order valence-electron chi connectivity index (χ0n) is 23.5. The highest BCUT2D eigenvalue weighted by Gasteiger charge is 2.34. The SMILES string of the molecule is CCCNC(=O)C(Cc1ccccc1)N(Cc1ccc(F)cc1)C(=O)CN(c1cc([N+](=O)[O-])ccc1OC)S(C)(=O)=O. The number of carbonyl (C=O) groups is 2. The van der Waals surface area contributed by atoms with Gasteiger partial charge in [0.15, 0.2) is 0 Å². The molecule has 0 bridgehead atoms. The summed E-state index contributed by atoms with van der Waals surface area (Å²) in [5, 5.41) is 14.3. The number of rotatable bonds is 14. The van der Waals surface area contributed by atoms with Crippen LogP contribution in [-0.2, 0) is 32.6 Å². The lowest BCUT2D eigenvalue weighted by atomic mass is 10.0. The molecule has 2 amide bonds. The van der Waals surface area contributed by atoms with E-state index < -0.39 is 50.9 Å². The summed E-state index contributed by atoms with van der Waals surface area (Å²) >= 11 is 0. The molecule has 0 aliphatic carbocycles. The first kappa shape index (κ1) is 32.0. The maximum atomic E-state index is 14.1. The number of halogens is 1. The van der Waals surface area contributed by atoms with Gasteiger partial charge in [0.2, 0.25) is 21.8 Å². The van der Waals surface area contributed by atoms with Gasteiger partial charge in [-0.3, -0.25) is 24.0 Å². The molecule has 1 N–H and O–H groups in total. The molecular weight excluding hydrogens is 567 g/mol. The summed E-state index contributed by atoms with van der Waals surface area (Å²) in [4.78, 5) is 39.5. The van der Waals surface area contributed by atoms with Crippen LogP contribution in [-0.4, -0.2) is 62.6 Å². The van der Waals surface area contributed by atoms with Gasteiger partial charge in [-0.1, -0.05) is 49.4 Å². The maximum Gasteiger partial charge on any atom is 0.271 e. The van der Waals surface area contributed by atoms with Crippen LogP contribution in [0.15, 0.2) is 72.8 Å². The maximum absolute atomic E-state index is 14.1. The first-order valence-electron chi connectivity index (χ1n) is 13.1. The number of ether oxygens (including phenoxy) is 1. The van der Waals surface area contributed by atoms with Crippen molar-refractivity contribution in [3.8, 4) is 5.75 Å². The van der Waals surface area contributed by atoms with E-state index in [1.807, 2.05) is 13.0 Å².